The molecule has 0 saturated heterocycles. The Bertz CT molecular complexity index is 1190. The summed E-state index contributed by atoms with van der Waals surface area (Å²) in [5.41, 5.74) is 2.64. The minimum absolute atomic E-state index is 0.151. The molecule has 2 aromatic heterocycles. The van der Waals surface area contributed by atoms with Gasteiger partial charge in [-0.1, -0.05) is 36.0 Å². The monoisotopic (exact) mass is 394 g/mol. The number of para-hydroxylation sites is 1. The Morgan fingerprint density at radius 2 is 2.00 bits per heavy atom. The topological polar surface area (TPSA) is 93.9 Å². The van der Waals surface area contributed by atoms with Gasteiger partial charge in [-0.25, -0.2) is 4.98 Å². The fourth-order valence-corrected chi connectivity index (χ4v) is 3.41. The van der Waals surface area contributed by atoms with E-state index in [1.807, 2.05) is 50.2 Å². The largest absolute Gasteiger partial charge is 0.484 e. The number of nitrogens with one attached hydrogen (secondary N) is 1. The molecule has 28 heavy (non-hydrogen) atoms. The molecular weight excluding hydrogens is 376 g/mol. The van der Waals surface area contributed by atoms with Gasteiger partial charge in [0.15, 0.2) is 6.61 Å². The van der Waals surface area contributed by atoms with Crippen LogP contribution in [0.5, 0.6) is 5.75 Å². The molecule has 2 aromatic carbocycles. The van der Waals surface area contributed by atoms with Gasteiger partial charge in [0.05, 0.1) is 16.7 Å². The molecule has 0 atom stereocenters. The number of benzene rings is 2. The van der Waals surface area contributed by atoms with E-state index in [-0.39, 0.29) is 12.2 Å². The Kier molecular flexibility index (Phi) is 5.12. The van der Waals surface area contributed by atoms with Crippen molar-refractivity contribution in [3.05, 3.63) is 75.7 Å². The van der Waals surface area contributed by atoms with Gasteiger partial charge >= 0.3 is 0 Å². The summed E-state index contributed by atoms with van der Waals surface area (Å²) in [4.78, 5) is 19.6. The highest BCUT2D eigenvalue weighted by atomic mass is 32.2. The summed E-state index contributed by atoms with van der Waals surface area (Å²) >= 11 is 1.31. The molecule has 1 N–H and O–H groups in total. The highest BCUT2D eigenvalue weighted by Crippen LogP contribution is 2.22. The van der Waals surface area contributed by atoms with Crippen LogP contribution < -0.4 is 10.3 Å². The number of rotatable bonds is 6. The Morgan fingerprint density at radius 3 is 2.86 bits per heavy atom. The Morgan fingerprint density at radius 1 is 1.14 bits per heavy atom. The molecule has 0 saturated carbocycles. The van der Waals surface area contributed by atoms with Gasteiger partial charge < -0.3 is 14.1 Å². The van der Waals surface area contributed by atoms with Crippen LogP contribution in [-0.2, 0) is 12.4 Å². The minimum Gasteiger partial charge on any atom is -0.484 e. The van der Waals surface area contributed by atoms with Crippen LogP contribution in [0.2, 0.25) is 0 Å². The summed E-state index contributed by atoms with van der Waals surface area (Å²) in [5.74, 6) is 2.12. The number of thioether (sulfide) groups is 1. The Labute approximate surface area is 165 Å². The van der Waals surface area contributed by atoms with Crippen LogP contribution in [0.3, 0.4) is 0 Å². The molecule has 142 valence electrons. The third-order valence-corrected chi connectivity index (χ3v) is 4.95. The van der Waals surface area contributed by atoms with Crippen molar-refractivity contribution in [1.82, 2.24) is 20.2 Å². The van der Waals surface area contributed by atoms with Gasteiger partial charge in [0, 0.05) is 0 Å². The zero-order valence-corrected chi connectivity index (χ0v) is 16.2. The van der Waals surface area contributed by atoms with Crippen molar-refractivity contribution >= 4 is 22.7 Å². The lowest BCUT2D eigenvalue weighted by Gasteiger charge is -2.04. The molecule has 0 amide bonds. The Balaban J connectivity index is 1.41. The van der Waals surface area contributed by atoms with E-state index in [1.165, 1.54) is 11.8 Å². The lowest BCUT2D eigenvalue weighted by Crippen LogP contribution is -2.11. The molecule has 8 heteroatoms. The molecule has 0 fully saturated rings. The summed E-state index contributed by atoms with van der Waals surface area (Å²) in [6.07, 6.45) is 0. The van der Waals surface area contributed by atoms with Crippen LogP contribution in [0.1, 0.15) is 22.8 Å². The molecule has 0 aliphatic carbocycles. The lowest BCUT2D eigenvalue weighted by molar-refractivity contribution is 0.252. The summed E-state index contributed by atoms with van der Waals surface area (Å²) in [6.45, 7) is 4.13. The van der Waals surface area contributed by atoms with Crippen LogP contribution >= 0.6 is 11.8 Å². The zero-order chi connectivity index (χ0) is 19.5. The average Bonchev–Trinajstić information content (AvgIpc) is 3.14. The number of hydrogen-bond donors (Lipinski definition) is 1. The van der Waals surface area contributed by atoms with Crippen molar-refractivity contribution < 1.29 is 9.15 Å². The first-order valence-electron chi connectivity index (χ1n) is 8.71. The third-order valence-electron chi connectivity index (χ3n) is 4.12. The Hall–Kier alpha value is -3.13. The van der Waals surface area contributed by atoms with E-state index < -0.39 is 0 Å². The number of aryl methyl sites for hydroxylation is 2. The van der Waals surface area contributed by atoms with E-state index in [0.717, 1.165) is 16.9 Å². The number of ether oxygens (including phenoxy) is 1. The average molecular weight is 394 g/mol. The fraction of sp³-hybridized carbons (Fsp3) is 0.200. The molecule has 0 aliphatic rings. The number of hydrogen-bond acceptors (Lipinski definition) is 7. The van der Waals surface area contributed by atoms with Gasteiger partial charge in [-0.15, -0.1) is 10.2 Å². The normalized spacial score (nSPS) is 11.1. The smallest absolute Gasteiger partial charge is 0.277 e. The first-order valence-corrected chi connectivity index (χ1v) is 9.70. The molecule has 0 aliphatic heterocycles. The highest BCUT2D eigenvalue weighted by Gasteiger charge is 2.11. The van der Waals surface area contributed by atoms with Gasteiger partial charge in [-0.05, 0) is 43.2 Å². The fourth-order valence-electron chi connectivity index (χ4n) is 2.76. The summed E-state index contributed by atoms with van der Waals surface area (Å²) < 4.78 is 11.3. The molecule has 0 radical (unpaired) electrons. The van der Waals surface area contributed by atoms with Crippen LogP contribution in [0.4, 0.5) is 0 Å². The van der Waals surface area contributed by atoms with Crippen LogP contribution in [-0.4, -0.2) is 20.2 Å². The van der Waals surface area contributed by atoms with Gasteiger partial charge in [-0.3, -0.25) is 4.79 Å². The second-order valence-corrected chi connectivity index (χ2v) is 7.27. The standard InChI is InChI=1S/C20H18N4O3S/c1-12-5-3-7-14(9-12)26-10-17-23-24-20(27-17)28-11-16-21-18-13(2)6-4-8-15(18)19(25)22-16/h3-9H,10-11H2,1-2H3,(H,21,22,25). The van der Waals surface area contributed by atoms with Crippen LogP contribution in [0.25, 0.3) is 10.9 Å². The first-order chi connectivity index (χ1) is 13.6. The van der Waals surface area contributed by atoms with Crippen molar-refractivity contribution in [2.45, 2.75) is 31.4 Å². The van der Waals surface area contributed by atoms with E-state index in [2.05, 4.69) is 20.2 Å². The number of aromatic nitrogens is 4. The molecule has 0 spiro atoms. The number of H-pyrrole nitrogens is 1. The maximum atomic E-state index is 12.2. The lowest BCUT2D eigenvalue weighted by atomic mass is 10.1. The molecule has 4 rings (SSSR count). The number of aromatic amines is 1. The maximum absolute atomic E-state index is 12.2. The molecule has 7 nitrogen and oxygen atoms in total. The van der Waals surface area contributed by atoms with Gasteiger partial charge in [0.2, 0.25) is 0 Å². The van der Waals surface area contributed by atoms with Crippen molar-refractivity contribution in [1.29, 1.82) is 0 Å². The molecule has 0 unspecified atom stereocenters. The van der Waals surface area contributed by atoms with Crippen LogP contribution in [0.15, 0.2) is 56.9 Å². The van der Waals surface area contributed by atoms with Crippen molar-refractivity contribution in [3.8, 4) is 5.75 Å². The molecular formula is C20H18N4O3S. The second kappa shape index (κ2) is 7.85. The molecule has 4 aromatic rings. The predicted octanol–water partition coefficient (Wildman–Crippen LogP) is 3.79. The van der Waals surface area contributed by atoms with E-state index in [0.29, 0.717) is 33.6 Å². The van der Waals surface area contributed by atoms with Crippen molar-refractivity contribution in [2.75, 3.05) is 0 Å². The van der Waals surface area contributed by atoms with E-state index >= 15 is 0 Å². The number of nitrogens with zero attached hydrogens (tertiary/aromatic N) is 3. The van der Waals surface area contributed by atoms with Crippen LogP contribution in [0, 0.1) is 13.8 Å². The molecule has 2 heterocycles. The number of fused-ring (bicyclic) bond motifs is 1. The maximum Gasteiger partial charge on any atom is 0.277 e. The summed E-state index contributed by atoms with van der Waals surface area (Å²) in [6, 6.07) is 13.3. The van der Waals surface area contributed by atoms with Crippen molar-refractivity contribution in [3.63, 3.8) is 0 Å². The van der Waals surface area contributed by atoms with E-state index in [9.17, 15) is 4.79 Å². The SMILES string of the molecule is Cc1cccc(OCc2nnc(SCc3nc4c(C)cccc4c(=O)[nH]3)o2)c1. The zero-order valence-electron chi connectivity index (χ0n) is 15.4. The predicted molar refractivity (Wildman–Crippen MR) is 106 cm³/mol. The van der Waals surface area contributed by atoms with Crippen molar-refractivity contribution in [2.24, 2.45) is 0 Å². The summed E-state index contributed by atoms with van der Waals surface area (Å²) in [7, 11) is 0. The quantitative estimate of drug-likeness (QED) is 0.497. The van der Waals surface area contributed by atoms with E-state index in [4.69, 9.17) is 9.15 Å². The van der Waals surface area contributed by atoms with Gasteiger partial charge in [-0.2, -0.15) is 0 Å². The third kappa shape index (κ3) is 4.07. The first kappa shape index (κ1) is 18.2. The highest BCUT2D eigenvalue weighted by molar-refractivity contribution is 7.98. The van der Waals surface area contributed by atoms with Gasteiger partial charge in [0.25, 0.3) is 16.7 Å². The van der Waals surface area contributed by atoms with Gasteiger partial charge in [0.1, 0.15) is 11.6 Å². The minimum atomic E-state index is -0.151. The summed E-state index contributed by atoms with van der Waals surface area (Å²) in [5, 5.41) is 8.99. The second-order valence-electron chi connectivity index (χ2n) is 6.34. The molecule has 0 bridgehead atoms. The van der Waals surface area contributed by atoms with E-state index in [1.54, 1.807) is 6.07 Å².